The molecule has 106 valence electrons. The maximum Gasteiger partial charge on any atom is 0.257 e. The van der Waals surface area contributed by atoms with Crippen LogP contribution in [0.5, 0.6) is 0 Å². The zero-order valence-corrected chi connectivity index (χ0v) is 13.0. The summed E-state index contributed by atoms with van der Waals surface area (Å²) in [6.45, 7) is 5.01. The molecule has 1 atom stereocenters. The third-order valence-electron chi connectivity index (χ3n) is 3.01. The van der Waals surface area contributed by atoms with Crippen LogP contribution in [-0.4, -0.2) is 47.4 Å². The van der Waals surface area contributed by atoms with Crippen LogP contribution in [0.15, 0.2) is 18.5 Å². The largest absolute Gasteiger partial charge is 0.384 e. The van der Waals surface area contributed by atoms with Crippen molar-refractivity contribution in [2.75, 3.05) is 30.9 Å². The van der Waals surface area contributed by atoms with E-state index in [1.54, 1.807) is 29.1 Å². The number of rotatable bonds is 7. The highest BCUT2D eigenvalue weighted by atomic mass is 32.2. The van der Waals surface area contributed by atoms with Gasteiger partial charge in [0.05, 0.1) is 11.3 Å². The predicted octanol–water partition coefficient (Wildman–Crippen LogP) is 2.73. The molecule has 0 radical (unpaired) electrons. The van der Waals surface area contributed by atoms with E-state index >= 15 is 0 Å². The van der Waals surface area contributed by atoms with Gasteiger partial charge in [0.1, 0.15) is 0 Å². The first-order chi connectivity index (χ1) is 9.11. The van der Waals surface area contributed by atoms with E-state index in [1.807, 2.05) is 19.4 Å². The molecule has 0 aromatic carbocycles. The van der Waals surface area contributed by atoms with Crippen molar-refractivity contribution in [2.24, 2.45) is 0 Å². The first-order valence-electron chi connectivity index (χ1n) is 6.55. The molecular formula is C14H23N3OS. The Kier molecular flexibility index (Phi) is 6.70. The third kappa shape index (κ3) is 4.42. The number of carbonyl (C=O) groups is 1. The van der Waals surface area contributed by atoms with Gasteiger partial charge in [0, 0.05) is 37.8 Å². The van der Waals surface area contributed by atoms with Gasteiger partial charge in [-0.05, 0) is 25.7 Å². The molecule has 1 aromatic heterocycles. The number of pyridine rings is 1. The van der Waals surface area contributed by atoms with Crippen LogP contribution in [0, 0.1) is 0 Å². The number of hydrogen-bond donors (Lipinski definition) is 1. The first kappa shape index (κ1) is 15.8. The Morgan fingerprint density at radius 1 is 1.58 bits per heavy atom. The van der Waals surface area contributed by atoms with Crippen LogP contribution in [0.25, 0.3) is 0 Å². The van der Waals surface area contributed by atoms with Gasteiger partial charge in [0.2, 0.25) is 0 Å². The molecule has 0 aliphatic rings. The molecule has 0 aliphatic carbocycles. The Morgan fingerprint density at radius 3 is 2.95 bits per heavy atom. The van der Waals surface area contributed by atoms with Gasteiger partial charge >= 0.3 is 0 Å². The summed E-state index contributed by atoms with van der Waals surface area (Å²) in [7, 11) is 1.85. The van der Waals surface area contributed by atoms with Crippen LogP contribution in [0.3, 0.4) is 0 Å². The second kappa shape index (κ2) is 8.04. The average Bonchev–Trinajstić information content (AvgIpc) is 2.44. The van der Waals surface area contributed by atoms with Crippen molar-refractivity contribution in [3.63, 3.8) is 0 Å². The van der Waals surface area contributed by atoms with Gasteiger partial charge in [-0.15, -0.1) is 0 Å². The smallest absolute Gasteiger partial charge is 0.257 e. The van der Waals surface area contributed by atoms with E-state index in [9.17, 15) is 4.79 Å². The summed E-state index contributed by atoms with van der Waals surface area (Å²) < 4.78 is 0. The van der Waals surface area contributed by atoms with Crippen LogP contribution < -0.4 is 5.32 Å². The van der Waals surface area contributed by atoms with Gasteiger partial charge in [-0.1, -0.05) is 6.92 Å². The summed E-state index contributed by atoms with van der Waals surface area (Å²) in [5.41, 5.74) is 1.51. The van der Waals surface area contributed by atoms with Gasteiger partial charge in [-0.25, -0.2) is 0 Å². The average molecular weight is 281 g/mol. The zero-order chi connectivity index (χ0) is 14.3. The Bertz CT molecular complexity index is 411. The quantitative estimate of drug-likeness (QED) is 0.834. The van der Waals surface area contributed by atoms with Crippen LogP contribution in [0.1, 0.15) is 30.6 Å². The fourth-order valence-electron chi connectivity index (χ4n) is 1.72. The van der Waals surface area contributed by atoms with Crippen molar-refractivity contribution in [3.8, 4) is 0 Å². The van der Waals surface area contributed by atoms with Crippen molar-refractivity contribution in [2.45, 2.75) is 26.3 Å². The fraction of sp³-hybridized carbons (Fsp3) is 0.571. The summed E-state index contributed by atoms with van der Waals surface area (Å²) in [6.07, 6.45) is 6.42. The number of nitrogens with zero attached hydrogens (tertiary/aromatic N) is 2. The number of carbonyl (C=O) groups excluding carboxylic acids is 1. The van der Waals surface area contributed by atoms with Gasteiger partial charge in [-0.2, -0.15) is 11.8 Å². The molecule has 0 saturated heterocycles. The van der Waals surface area contributed by atoms with E-state index in [0.29, 0.717) is 5.56 Å². The maximum absolute atomic E-state index is 12.5. The van der Waals surface area contributed by atoms with Crippen LogP contribution in [0.2, 0.25) is 0 Å². The molecule has 1 rings (SSSR count). The van der Waals surface area contributed by atoms with E-state index in [4.69, 9.17) is 0 Å². The minimum absolute atomic E-state index is 0.0215. The molecule has 0 aliphatic heterocycles. The maximum atomic E-state index is 12.5. The Balaban J connectivity index is 2.86. The van der Waals surface area contributed by atoms with Gasteiger partial charge in [-0.3, -0.25) is 9.78 Å². The monoisotopic (exact) mass is 281 g/mol. The van der Waals surface area contributed by atoms with Crippen LogP contribution in [0.4, 0.5) is 5.69 Å². The highest BCUT2D eigenvalue weighted by Crippen LogP contribution is 2.17. The SMILES string of the molecule is CCCNc1ccncc1C(=O)N(C)C(C)CSC. The molecule has 4 nitrogen and oxygen atoms in total. The van der Waals surface area contributed by atoms with Crippen molar-refractivity contribution >= 4 is 23.4 Å². The second-order valence-corrected chi connectivity index (χ2v) is 5.48. The molecule has 0 saturated carbocycles. The van der Waals surface area contributed by atoms with E-state index in [0.717, 1.165) is 24.4 Å². The fourth-order valence-corrected chi connectivity index (χ4v) is 2.43. The number of thioether (sulfide) groups is 1. The molecule has 1 aromatic rings. The lowest BCUT2D eigenvalue weighted by Crippen LogP contribution is -2.37. The van der Waals surface area contributed by atoms with E-state index < -0.39 is 0 Å². The van der Waals surface area contributed by atoms with Crippen molar-refractivity contribution < 1.29 is 4.79 Å². The van der Waals surface area contributed by atoms with Gasteiger partial charge in [0.15, 0.2) is 0 Å². The number of nitrogens with one attached hydrogen (secondary N) is 1. The molecule has 19 heavy (non-hydrogen) atoms. The Hall–Kier alpha value is -1.23. The molecule has 5 heteroatoms. The van der Waals surface area contributed by atoms with E-state index in [2.05, 4.69) is 24.1 Å². The first-order valence-corrected chi connectivity index (χ1v) is 7.95. The molecule has 1 amide bonds. The summed E-state index contributed by atoms with van der Waals surface area (Å²) in [5, 5.41) is 3.28. The number of hydrogen-bond acceptors (Lipinski definition) is 4. The zero-order valence-electron chi connectivity index (χ0n) is 12.1. The predicted molar refractivity (Wildman–Crippen MR) is 83.0 cm³/mol. The topological polar surface area (TPSA) is 45.2 Å². The third-order valence-corrected chi connectivity index (χ3v) is 3.82. The molecular weight excluding hydrogens is 258 g/mol. The minimum atomic E-state index is 0.0215. The molecule has 0 fully saturated rings. The summed E-state index contributed by atoms with van der Waals surface area (Å²) in [4.78, 5) is 18.3. The molecule has 1 heterocycles. The number of amides is 1. The highest BCUT2D eigenvalue weighted by Gasteiger charge is 2.19. The molecule has 0 bridgehead atoms. The highest BCUT2D eigenvalue weighted by molar-refractivity contribution is 7.98. The lowest BCUT2D eigenvalue weighted by Gasteiger charge is -2.25. The van der Waals surface area contributed by atoms with Crippen LogP contribution in [-0.2, 0) is 0 Å². The summed E-state index contributed by atoms with van der Waals surface area (Å²) >= 11 is 1.74. The van der Waals surface area contributed by atoms with Crippen molar-refractivity contribution in [3.05, 3.63) is 24.0 Å². The Labute approximate surface area is 120 Å². The standard InChI is InChI=1S/C14H23N3OS/c1-5-7-16-13-6-8-15-9-12(13)14(18)17(3)11(2)10-19-4/h6,8-9,11H,5,7,10H2,1-4H3,(H,15,16). The summed E-state index contributed by atoms with van der Waals surface area (Å²) in [5.74, 6) is 0.952. The lowest BCUT2D eigenvalue weighted by atomic mass is 10.2. The lowest BCUT2D eigenvalue weighted by molar-refractivity contribution is 0.0758. The summed E-state index contributed by atoms with van der Waals surface area (Å²) in [6, 6.07) is 2.07. The number of anilines is 1. The number of aromatic nitrogens is 1. The van der Waals surface area contributed by atoms with Crippen molar-refractivity contribution in [1.82, 2.24) is 9.88 Å². The normalized spacial score (nSPS) is 12.0. The van der Waals surface area contributed by atoms with E-state index in [-0.39, 0.29) is 11.9 Å². The van der Waals surface area contributed by atoms with Crippen molar-refractivity contribution in [1.29, 1.82) is 0 Å². The molecule has 0 spiro atoms. The molecule has 1 N–H and O–H groups in total. The minimum Gasteiger partial charge on any atom is -0.384 e. The molecule has 1 unspecified atom stereocenters. The van der Waals surface area contributed by atoms with Gasteiger partial charge < -0.3 is 10.2 Å². The van der Waals surface area contributed by atoms with Crippen LogP contribution >= 0.6 is 11.8 Å². The second-order valence-electron chi connectivity index (χ2n) is 4.57. The Morgan fingerprint density at radius 2 is 2.32 bits per heavy atom. The van der Waals surface area contributed by atoms with E-state index in [1.165, 1.54) is 0 Å². The van der Waals surface area contributed by atoms with Gasteiger partial charge in [0.25, 0.3) is 5.91 Å².